The molecule has 1 aliphatic heterocycles. The molecule has 0 aliphatic carbocycles. The van der Waals surface area contributed by atoms with Crippen LogP contribution in [-0.2, 0) is 14.3 Å². The molecule has 6 heteroatoms. The van der Waals surface area contributed by atoms with Gasteiger partial charge in [0.25, 0.3) is 0 Å². The highest BCUT2D eigenvalue weighted by atomic mass is 79.9. The van der Waals surface area contributed by atoms with Crippen LogP contribution in [-0.4, -0.2) is 26.8 Å². The highest BCUT2D eigenvalue weighted by Crippen LogP contribution is 2.42. The minimum Gasteiger partial charge on any atom is -0.466 e. The Morgan fingerprint density at radius 3 is 2.62 bits per heavy atom. The second-order valence-electron chi connectivity index (χ2n) is 5.52. The Morgan fingerprint density at radius 2 is 2.08 bits per heavy atom. The number of hydrogen-bond acceptors (Lipinski definition) is 4. The van der Waals surface area contributed by atoms with Gasteiger partial charge in [-0.25, -0.2) is 9.64 Å². The number of benzene rings is 1. The Balaban J connectivity index is 2.73. The highest BCUT2D eigenvalue weighted by Gasteiger charge is 2.36. The lowest BCUT2D eigenvalue weighted by Crippen LogP contribution is -2.31. The predicted octanol–water partition coefficient (Wildman–Crippen LogP) is 3.67. The Hall–Kier alpha value is -2.10. The van der Waals surface area contributed by atoms with E-state index in [4.69, 9.17) is 16.0 Å². The van der Waals surface area contributed by atoms with Gasteiger partial charge in [-0.2, -0.15) is 0 Å². The molecule has 1 aromatic carbocycles. The summed E-state index contributed by atoms with van der Waals surface area (Å²) in [7, 11) is 2.90. The SMILES string of the molecule is [C-]#[N+]C1=C(C)NC(COC)=C(C(=O)OC)C1c1ccc(C)cc1Br. The summed E-state index contributed by atoms with van der Waals surface area (Å²) in [5.41, 5.74) is 4.14. The van der Waals surface area contributed by atoms with E-state index < -0.39 is 11.9 Å². The molecule has 0 aromatic heterocycles. The molecule has 0 amide bonds. The van der Waals surface area contributed by atoms with E-state index in [2.05, 4.69) is 26.1 Å². The van der Waals surface area contributed by atoms with E-state index in [0.29, 0.717) is 22.7 Å². The first-order chi connectivity index (χ1) is 11.4. The van der Waals surface area contributed by atoms with Gasteiger partial charge in [0.2, 0.25) is 0 Å². The van der Waals surface area contributed by atoms with Crippen LogP contribution in [0.25, 0.3) is 4.85 Å². The third-order valence-electron chi connectivity index (χ3n) is 3.89. The summed E-state index contributed by atoms with van der Waals surface area (Å²) in [5.74, 6) is -0.975. The standard InChI is InChI=1S/C18H19BrN2O3/c1-10-6-7-12(13(19)8-10)15-16(18(22)24-5)14(9-23-4)21-11(2)17(15)20-3/h6-8,15,21H,9H2,1-2,4-5H3. The lowest BCUT2D eigenvalue weighted by atomic mass is 9.83. The quantitative estimate of drug-likeness (QED) is 0.629. The molecule has 0 fully saturated rings. The number of ether oxygens (including phenoxy) is 2. The minimum absolute atomic E-state index is 0.229. The summed E-state index contributed by atoms with van der Waals surface area (Å²) in [4.78, 5) is 16.1. The zero-order valence-corrected chi connectivity index (χ0v) is 15.7. The maximum atomic E-state index is 12.5. The van der Waals surface area contributed by atoms with Crippen LogP contribution in [0.1, 0.15) is 24.0 Å². The van der Waals surface area contributed by atoms with Crippen molar-refractivity contribution in [1.29, 1.82) is 0 Å². The summed E-state index contributed by atoms with van der Waals surface area (Å²) < 4.78 is 11.0. The van der Waals surface area contributed by atoms with Crippen molar-refractivity contribution < 1.29 is 14.3 Å². The fourth-order valence-electron chi connectivity index (χ4n) is 2.81. The average Bonchev–Trinajstić information content (AvgIpc) is 2.54. The molecule has 1 aliphatic rings. The largest absolute Gasteiger partial charge is 0.466 e. The number of esters is 1. The molecule has 2 rings (SSSR count). The number of nitrogens with zero attached hydrogens (tertiary/aromatic N) is 1. The van der Waals surface area contributed by atoms with Gasteiger partial charge < -0.3 is 14.8 Å². The van der Waals surface area contributed by atoms with Crippen LogP contribution < -0.4 is 5.32 Å². The maximum absolute atomic E-state index is 12.5. The van der Waals surface area contributed by atoms with Crippen LogP contribution in [0.4, 0.5) is 0 Å². The van der Waals surface area contributed by atoms with E-state index in [1.807, 2.05) is 32.0 Å². The minimum atomic E-state index is -0.503. The molecule has 0 bridgehead atoms. The van der Waals surface area contributed by atoms with Gasteiger partial charge in [0, 0.05) is 17.3 Å². The van der Waals surface area contributed by atoms with E-state index >= 15 is 0 Å². The molecule has 1 atom stereocenters. The topological polar surface area (TPSA) is 51.9 Å². The molecule has 126 valence electrons. The molecule has 0 saturated heterocycles. The van der Waals surface area contributed by atoms with Crippen LogP contribution in [0.3, 0.4) is 0 Å². The normalized spacial score (nSPS) is 17.4. The van der Waals surface area contributed by atoms with Crippen molar-refractivity contribution in [3.05, 3.63) is 67.9 Å². The summed E-state index contributed by atoms with van der Waals surface area (Å²) in [6.45, 7) is 11.6. The van der Waals surface area contributed by atoms with Crippen LogP contribution in [0.15, 0.2) is 45.3 Å². The molecule has 1 aromatic rings. The Morgan fingerprint density at radius 1 is 1.38 bits per heavy atom. The first kappa shape index (κ1) is 18.2. The van der Waals surface area contributed by atoms with Crippen molar-refractivity contribution in [1.82, 2.24) is 5.32 Å². The van der Waals surface area contributed by atoms with E-state index in [0.717, 1.165) is 15.6 Å². The molecule has 1 heterocycles. The number of hydrogen-bond donors (Lipinski definition) is 1. The molecule has 5 nitrogen and oxygen atoms in total. The van der Waals surface area contributed by atoms with Crippen LogP contribution in [0, 0.1) is 13.5 Å². The number of allylic oxidation sites excluding steroid dienone is 2. The molecular formula is C18H19BrN2O3. The highest BCUT2D eigenvalue weighted by molar-refractivity contribution is 9.10. The molecule has 24 heavy (non-hydrogen) atoms. The zero-order valence-electron chi connectivity index (χ0n) is 14.1. The van der Waals surface area contributed by atoms with E-state index in [-0.39, 0.29) is 6.61 Å². The van der Waals surface area contributed by atoms with Gasteiger partial charge in [0.15, 0.2) is 5.70 Å². The van der Waals surface area contributed by atoms with Crippen molar-refractivity contribution in [2.45, 2.75) is 19.8 Å². The fourth-order valence-corrected chi connectivity index (χ4v) is 3.53. The summed E-state index contributed by atoms with van der Waals surface area (Å²) >= 11 is 3.56. The number of halogens is 1. The van der Waals surface area contributed by atoms with Gasteiger partial charge in [0.05, 0.1) is 37.5 Å². The lowest BCUT2D eigenvalue weighted by Gasteiger charge is -2.29. The van der Waals surface area contributed by atoms with Crippen molar-refractivity contribution >= 4 is 21.9 Å². The van der Waals surface area contributed by atoms with E-state index in [1.165, 1.54) is 7.11 Å². The molecule has 0 spiro atoms. The van der Waals surface area contributed by atoms with Gasteiger partial charge in [-0.3, -0.25) is 0 Å². The number of rotatable bonds is 4. The monoisotopic (exact) mass is 390 g/mol. The Kier molecular flexibility index (Phi) is 5.81. The Bertz CT molecular complexity index is 775. The van der Waals surface area contributed by atoms with E-state index in [1.54, 1.807) is 7.11 Å². The predicted molar refractivity (Wildman–Crippen MR) is 95.0 cm³/mol. The average molecular weight is 391 g/mol. The van der Waals surface area contributed by atoms with Gasteiger partial charge in [-0.05, 0) is 31.0 Å². The molecule has 0 saturated carbocycles. The summed E-state index contributed by atoms with van der Waals surface area (Å²) in [6, 6.07) is 5.87. The summed E-state index contributed by atoms with van der Waals surface area (Å²) in [6.07, 6.45) is 0. The number of methoxy groups -OCH3 is 2. The van der Waals surface area contributed by atoms with Gasteiger partial charge in [0.1, 0.15) is 0 Å². The van der Waals surface area contributed by atoms with E-state index in [9.17, 15) is 4.79 Å². The third-order valence-corrected chi connectivity index (χ3v) is 4.58. The van der Waals surface area contributed by atoms with Crippen LogP contribution in [0.2, 0.25) is 0 Å². The molecule has 1 unspecified atom stereocenters. The Labute approximate surface area is 150 Å². The van der Waals surface area contributed by atoms with Gasteiger partial charge in [-0.1, -0.05) is 28.1 Å². The zero-order chi connectivity index (χ0) is 17.9. The van der Waals surface area contributed by atoms with Crippen molar-refractivity contribution in [2.24, 2.45) is 0 Å². The third kappa shape index (κ3) is 3.37. The fraction of sp³-hybridized carbons (Fsp3) is 0.333. The molecular weight excluding hydrogens is 372 g/mol. The smallest absolute Gasteiger partial charge is 0.335 e. The van der Waals surface area contributed by atoms with Gasteiger partial charge in [-0.15, -0.1) is 0 Å². The van der Waals surface area contributed by atoms with Crippen LogP contribution >= 0.6 is 15.9 Å². The second kappa shape index (κ2) is 7.65. The number of dihydropyridines is 1. The second-order valence-corrected chi connectivity index (χ2v) is 6.38. The molecule has 1 N–H and O–H groups in total. The first-order valence-electron chi connectivity index (χ1n) is 7.36. The number of aryl methyl sites for hydroxylation is 1. The van der Waals surface area contributed by atoms with Crippen molar-refractivity contribution in [3.8, 4) is 0 Å². The summed E-state index contributed by atoms with van der Waals surface area (Å²) in [5, 5.41) is 3.12. The molecule has 0 radical (unpaired) electrons. The number of carbonyl (C=O) groups is 1. The van der Waals surface area contributed by atoms with Crippen LogP contribution in [0.5, 0.6) is 0 Å². The lowest BCUT2D eigenvalue weighted by molar-refractivity contribution is -0.136. The number of carbonyl (C=O) groups excluding carboxylic acids is 1. The van der Waals surface area contributed by atoms with Gasteiger partial charge >= 0.3 is 5.97 Å². The number of nitrogens with one attached hydrogen (secondary N) is 1. The van der Waals surface area contributed by atoms with Crippen molar-refractivity contribution in [3.63, 3.8) is 0 Å². The first-order valence-corrected chi connectivity index (χ1v) is 8.15. The maximum Gasteiger partial charge on any atom is 0.335 e. The van der Waals surface area contributed by atoms with Crippen molar-refractivity contribution in [2.75, 3.05) is 20.8 Å².